The summed E-state index contributed by atoms with van der Waals surface area (Å²) >= 11 is 0. The fourth-order valence-electron chi connectivity index (χ4n) is 2.56. The number of carboxylic acid groups (broad SMARTS) is 1. The van der Waals surface area contributed by atoms with Crippen LogP contribution in [0.1, 0.15) is 40.7 Å². The molecule has 0 fully saturated rings. The zero-order chi connectivity index (χ0) is 18.2. The molecule has 0 aliphatic carbocycles. The lowest BCUT2D eigenvalue weighted by Crippen LogP contribution is -2.26. The van der Waals surface area contributed by atoms with Gasteiger partial charge in [0, 0.05) is 13.0 Å². The third kappa shape index (κ3) is 5.64. The highest BCUT2D eigenvalue weighted by atomic mass is 16.5. The Hall–Kier alpha value is -2.82. The molecule has 5 heteroatoms. The minimum Gasteiger partial charge on any atom is -0.497 e. The van der Waals surface area contributed by atoms with Crippen LogP contribution in [0.25, 0.3) is 0 Å². The van der Waals surface area contributed by atoms with Crippen molar-refractivity contribution in [1.29, 1.82) is 0 Å². The van der Waals surface area contributed by atoms with Gasteiger partial charge in [0.25, 0.3) is 0 Å². The number of carbonyl (C=O) groups excluding carboxylic acids is 1. The quantitative estimate of drug-likeness (QED) is 0.773. The van der Waals surface area contributed by atoms with Crippen molar-refractivity contribution >= 4 is 11.9 Å². The summed E-state index contributed by atoms with van der Waals surface area (Å²) in [4.78, 5) is 22.9. The van der Waals surface area contributed by atoms with Gasteiger partial charge in [0.2, 0.25) is 5.91 Å². The first-order valence-corrected chi connectivity index (χ1v) is 8.22. The van der Waals surface area contributed by atoms with Crippen molar-refractivity contribution in [1.82, 2.24) is 5.32 Å². The monoisotopic (exact) mass is 341 g/mol. The Kier molecular flexibility index (Phi) is 6.57. The third-order valence-corrected chi connectivity index (χ3v) is 4.11. The van der Waals surface area contributed by atoms with Crippen LogP contribution in [0.2, 0.25) is 0 Å². The minimum atomic E-state index is -0.938. The molecule has 0 spiro atoms. The SMILES string of the molecule is COc1ccc(C(C)CC(=O)NCCc2ccc(C(=O)O)cc2)cc1. The maximum atomic E-state index is 12.1. The molecule has 5 nitrogen and oxygen atoms in total. The van der Waals surface area contributed by atoms with Crippen molar-refractivity contribution in [2.24, 2.45) is 0 Å². The number of methoxy groups -OCH3 is 1. The van der Waals surface area contributed by atoms with Crippen molar-refractivity contribution < 1.29 is 19.4 Å². The summed E-state index contributed by atoms with van der Waals surface area (Å²) in [6.45, 7) is 2.55. The van der Waals surface area contributed by atoms with Gasteiger partial charge in [-0.05, 0) is 47.7 Å². The second-order valence-corrected chi connectivity index (χ2v) is 5.98. The number of amides is 1. The summed E-state index contributed by atoms with van der Waals surface area (Å²) in [7, 11) is 1.63. The molecule has 0 aliphatic rings. The van der Waals surface area contributed by atoms with Crippen LogP contribution >= 0.6 is 0 Å². The Morgan fingerprint density at radius 2 is 1.72 bits per heavy atom. The van der Waals surface area contributed by atoms with Crippen molar-refractivity contribution in [2.45, 2.75) is 25.7 Å². The van der Waals surface area contributed by atoms with Crippen LogP contribution in [0.15, 0.2) is 48.5 Å². The molecule has 0 aliphatic heterocycles. The van der Waals surface area contributed by atoms with E-state index in [9.17, 15) is 9.59 Å². The molecule has 0 aromatic heterocycles. The zero-order valence-electron chi connectivity index (χ0n) is 14.5. The molecule has 1 unspecified atom stereocenters. The fraction of sp³-hybridized carbons (Fsp3) is 0.300. The van der Waals surface area contributed by atoms with E-state index in [4.69, 9.17) is 9.84 Å². The number of nitrogens with one attached hydrogen (secondary N) is 1. The van der Waals surface area contributed by atoms with Gasteiger partial charge >= 0.3 is 5.97 Å². The van der Waals surface area contributed by atoms with Crippen molar-refractivity contribution in [3.8, 4) is 5.75 Å². The summed E-state index contributed by atoms with van der Waals surface area (Å²) < 4.78 is 5.13. The van der Waals surface area contributed by atoms with Crippen LogP contribution in [0.4, 0.5) is 0 Å². The summed E-state index contributed by atoms with van der Waals surface area (Å²) in [5.74, 6) is -0.00655. The van der Waals surface area contributed by atoms with E-state index in [0.29, 0.717) is 19.4 Å². The van der Waals surface area contributed by atoms with E-state index in [0.717, 1.165) is 16.9 Å². The number of hydrogen-bond acceptors (Lipinski definition) is 3. The van der Waals surface area contributed by atoms with E-state index in [1.54, 1.807) is 31.4 Å². The number of carbonyl (C=O) groups is 2. The Bertz CT molecular complexity index is 707. The number of ether oxygens (including phenoxy) is 1. The molecule has 0 heterocycles. The maximum Gasteiger partial charge on any atom is 0.335 e. The van der Waals surface area contributed by atoms with Crippen LogP contribution in [0.5, 0.6) is 5.75 Å². The van der Waals surface area contributed by atoms with E-state index in [2.05, 4.69) is 5.32 Å². The van der Waals surface area contributed by atoms with Gasteiger partial charge in [-0.1, -0.05) is 31.2 Å². The standard InChI is InChI=1S/C20H23NO4/c1-14(16-7-9-18(25-2)10-8-16)13-19(22)21-12-11-15-3-5-17(6-4-15)20(23)24/h3-10,14H,11-13H2,1-2H3,(H,21,22)(H,23,24). The average Bonchev–Trinajstić information content (AvgIpc) is 2.62. The molecule has 1 atom stereocenters. The van der Waals surface area contributed by atoms with Crippen LogP contribution in [-0.4, -0.2) is 30.6 Å². The Labute approximate surface area is 147 Å². The van der Waals surface area contributed by atoms with Crippen molar-refractivity contribution in [3.63, 3.8) is 0 Å². The Morgan fingerprint density at radius 3 is 2.28 bits per heavy atom. The number of hydrogen-bond donors (Lipinski definition) is 2. The van der Waals surface area contributed by atoms with Gasteiger partial charge < -0.3 is 15.2 Å². The first-order chi connectivity index (χ1) is 12.0. The first-order valence-electron chi connectivity index (χ1n) is 8.22. The zero-order valence-corrected chi connectivity index (χ0v) is 14.5. The molecule has 2 rings (SSSR count). The van der Waals surface area contributed by atoms with Gasteiger partial charge in [0.15, 0.2) is 0 Å². The fourth-order valence-corrected chi connectivity index (χ4v) is 2.56. The molecule has 0 radical (unpaired) electrons. The largest absolute Gasteiger partial charge is 0.497 e. The molecule has 1 amide bonds. The molecule has 2 N–H and O–H groups in total. The van der Waals surface area contributed by atoms with Gasteiger partial charge in [-0.2, -0.15) is 0 Å². The highest BCUT2D eigenvalue weighted by Gasteiger charge is 2.11. The lowest BCUT2D eigenvalue weighted by Gasteiger charge is -2.13. The number of aromatic carboxylic acids is 1. The molecule has 0 saturated heterocycles. The normalized spacial score (nSPS) is 11.6. The van der Waals surface area contributed by atoms with Gasteiger partial charge in [-0.15, -0.1) is 0 Å². The molecule has 2 aromatic carbocycles. The highest BCUT2D eigenvalue weighted by Crippen LogP contribution is 2.21. The predicted molar refractivity (Wildman–Crippen MR) is 96.1 cm³/mol. The summed E-state index contributed by atoms with van der Waals surface area (Å²) in [5, 5.41) is 11.8. The second kappa shape index (κ2) is 8.87. The van der Waals surface area contributed by atoms with E-state index >= 15 is 0 Å². The van der Waals surface area contributed by atoms with Gasteiger partial charge in [0.1, 0.15) is 5.75 Å². The van der Waals surface area contributed by atoms with Gasteiger partial charge in [-0.25, -0.2) is 4.79 Å². The van der Waals surface area contributed by atoms with Crippen molar-refractivity contribution in [2.75, 3.05) is 13.7 Å². The summed E-state index contributed by atoms with van der Waals surface area (Å²) in [5.41, 5.74) is 2.36. The number of carboxylic acids is 1. The molecule has 25 heavy (non-hydrogen) atoms. The number of benzene rings is 2. The summed E-state index contributed by atoms with van der Waals surface area (Å²) in [6, 6.07) is 14.4. The summed E-state index contributed by atoms with van der Waals surface area (Å²) in [6.07, 6.45) is 1.09. The highest BCUT2D eigenvalue weighted by molar-refractivity contribution is 5.87. The lowest BCUT2D eigenvalue weighted by atomic mass is 9.97. The lowest BCUT2D eigenvalue weighted by molar-refractivity contribution is -0.121. The van der Waals surface area contributed by atoms with E-state index < -0.39 is 5.97 Å². The smallest absolute Gasteiger partial charge is 0.335 e. The van der Waals surface area contributed by atoms with E-state index in [1.165, 1.54) is 0 Å². The Balaban J connectivity index is 1.76. The minimum absolute atomic E-state index is 0.00507. The average molecular weight is 341 g/mol. The molecule has 2 aromatic rings. The van der Waals surface area contributed by atoms with Crippen LogP contribution in [-0.2, 0) is 11.2 Å². The van der Waals surface area contributed by atoms with Crippen LogP contribution in [0.3, 0.4) is 0 Å². The van der Waals surface area contributed by atoms with E-state index in [-0.39, 0.29) is 17.4 Å². The van der Waals surface area contributed by atoms with E-state index in [1.807, 2.05) is 31.2 Å². The van der Waals surface area contributed by atoms with Gasteiger partial charge in [-0.3, -0.25) is 4.79 Å². The molecule has 0 bridgehead atoms. The van der Waals surface area contributed by atoms with Crippen molar-refractivity contribution in [3.05, 3.63) is 65.2 Å². The first kappa shape index (κ1) is 18.5. The molecular formula is C20H23NO4. The predicted octanol–water partition coefficient (Wildman–Crippen LogP) is 3.25. The molecule has 0 saturated carbocycles. The van der Waals surface area contributed by atoms with Gasteiger partial charge in [0.05, 0.1) is 12.7 Å². The topological polar surface area (TPSA) is 75.6 Å². The molecule has 132 valence electrons. The number of rotatable bonds is 8. The third-order valence-electron chi connectivity index (χ3n) is 4.11. The van der Waals surface area contributed by atoms with Crippen LogP contribution < -0.4 is 10.1 Å². The second-order valence-electron chi connectivity index (χ2n) is 5.98. The maximum absolute atomic E-state index is 12.1. The van der Waals surface area contributed by atoms with Crippen LogP contribution in [0, 0.1) is 0 Å². The Morgan fingerprint density at radius 1 is 1.08 bits per heavy atom. The molecular weight excluding hydrogens is 318 g/mol.